The van der Waals surface area contributed by atoms with Crippen LogP contribution in [0.15, 0.2) is 24.3 Å². The lowest BCUT2D eigenvalue weighted by Gasteiger charge is -2.11. The highest BCUT2D eigenvalue weighted by atomic mass is 19.1. The smallest absolute Gasteiger partial charge is 0.123 e. The second kappa shape index (κ2) is 6.57. The van der Waals surface area contributed by atoms with E-state index in [9.17, 15) is 4.39 Å². The van der Waals surface area contributed by atoms with E-state index in [1.54, 1.807) is 12.1 Å². The average Bonchev–Trinajstić information content (AvgIpc) is 2.18. The fourth-order valence-corrected chi connectivity index (χ4v) is 1.70. The molecule has 0 amide bonds. The van der Waals surface area contributed by atoms with Gasteiger partial charge >= 0.3 is 0 Å². The summed E-state index contributed by atoms with van der Waals surface area (Å²) in [5.41, 5.74) is 1.01. The normalized spacial score (nSPS) is 12.7. The Morgan fingerprint density at radius 1 is 1.40 bits per heavy atom. The van der Waals surface area contributed by atoms with Gasteiger partial charge in [0.2, 0.25) is 0 Å². The van der Waals surface area contributed by atoms with Crippen LogP contribution in [0.25, 0.3) is 0 Å². The van der Waals surface area contributed by atoms with E-state index >= 15 is 0 Å². The molecule has 2 heteroatoms. The molecule has 1 aromatic carbocycles. The van der Waals surface area contributed by atoms with E-state index in [1.165, 1.54) is 18.9 Å². The van der Waals surface area contributed by atoms with E-state index in [1.807, 2.05) is 6.07 Å². The van der Waals surface area contributed by atoms with Crippen molar-refractivity contribution in [1.82, 2.24) is 5.32 Å². The molecule has 0 bridgehead atoms. The predicted molar refractivity (Wildman–Crippen MR) is 62.2 cm³/mol. The summed E-state index contributed by atoms with van der Waals surface area (Å²) in [6.45, 7) is 6.20. The summed E-state index contributed by atoms with van der Waals surface area (Å²) in [5, 5.41) is 3.35. The summed E-state index contributed by atoms with van der Waals surface area (Å²) in [7, 11) is 0. The van der Waals surface area contributed by atoms with Gasteiger partial charge in [-0.15, -0.1) is 0 Å². The van der Waals surface area contributed by atoms with Crippen molar-refractivity contribution in [2.24, 2.45) is 5.92 Å². The Kier molecular flexibility index (Phi) is 5.33. The molecule has 1 nitrogen and oxygen atoms in total. The van der Waals surface area contributed by atoms with Crippen molar-refractivity contribution in [1.29, 1.82) is 0 Å². The summed E-state index contributed by atoms with van der Waals surface area (Å²) < 4.78 is 12.8. The van der Waals surface area contributed by atoms with Gasteiger partial charge in [-0.2, -0.15) is 0 Å². The van der Waals surface area contributed by atoms with Crippen LogP contribution in [0.3, 0.4) is 0 Å². The second-order valence-electron chi connectivity index (χ2n) is 4.15. The van der Waals surface area contributed by atoms with Crippen LogP contribution in [0.2, 0.25) is 0 Å². The van der Waals surface area contributed by atoms with Gasteiger partial charge in [0.25, 0.3) is 0 Å². The zero-order valence-electron chi connectivity index (χ0n) is 9.59. The molecule has 0 saturated heterocycles. The summed E-state index contributed by atoms with van der Waals surface area (Å²) >= 11 is 0. The molecule has 1 aromatic rings. The maximum atomic E-state index is 12.8. The van der Waals surface area contributed by atoms with Crippen LogP contribution in [-0.2, 0) is 6.54 Å². The predicted octanol–water partition coefficient (Wildman–Crippen LogP) is 3.35. The van der Waals surface area contributed by atoms with Gasteiger partial charge in [0, 0.05) is 6.54 Å². The Labute approximate surface area is 91.7 Å². The molecule has 1 rings (SSSR count). The standard InChI is InChI=1S/C13H20FN/c1-3-5-11(2)9-15-10-12-6-4-7-13(14)8-12/h4,6-8,11,15H,3,5,9-10H2,1-2H3. The SMILES string of the molecule is CCCC(C)CNCc1cccc(F)c1. The van der Waals surface area contributed by atoms with E-state index in [0.717, 1.165) is 18.7 Å². The molecular formula is C13H20FN. The zero-order valence-corrected chi connectivity index (χ0v) is 9.59. The number of hydrogen-bond acceptors (Lipinski definition) is 1. The van der Waals surface area contributed by atoms with Crippen LogP contribution in [0.5, 0.6) is 0 Å². The van der Waals surface area contributed by atoms with E-state index in [-0.39, 0.29) is 5.82 Å². The van der Waals surface area contributed by atoms with Crippen molar-refractivity contribution in [2.75, 3.05) is 6.54 Å². The third kappa shape index (κ3) is 4.93. The number of benzene rings is 1. The van der Waals surface area contributed by atoms with Crippen molar-refractivity contribution in [2.45, 2.75) is 33.2 Å². The topological polar surface area (TPSA) is 12.0 Å². The molecule has 1 atom stereocenters. The lowest BCUT2D eigenvalue weighted by Crippen LogP contribution is -2.20. The fraction of sp³-hybridized carbons (Fsp3) is 0.538. The van der Waals surface area contributed by atoms with Gasteiger partial charge in [-0.25, -0.2) is 4.39 Å². The quantitative estimate of drug-likeness (QED) is 0.757. The van der Waals surface area contributed by atoms with Gasteiger partial charge in [-0.3, -0.25) is 0 Å². The van der Waals surface area contributed by atoms with Crippen molar-refractivity contribution in [3.8, 4) is 0 Å². The number of hydrogen-bond donors (Lipinski definition) is 1. The van der Waals surface area contributed by atoms with Gasteiger partial charge in [-0.05, 0) is 36.6 Å². The Hall–Kier alpha value is -0.890. The molecule has 1 unspecified atom stereocenters. The number of nitrogens with one attached hydrogen (secondary N) is 1. The first kappa shape index (κ1) is 12.2. The van der Waals surface area contributed by atoms with E-state index in [2.05, 4.69) is 19.2 Å². The average molecular weight is 209 g/mol. The first-order valence-electron chi connectivity index (χ1n) is 5.67. The Morgan fingerprint density at radius 3 is 2.87 bits per heavy atom. The molecule has 0 fully saturated rings. The van der Waals surface area contributed by atoms with Crippen LogP contribution in [-0.4, -0.2) is 6.54 Å². The molecule has 15 heavy (non-hydrogen) atoms. The summed E-state index contributed by atoms with van der Waals surface area (Å²) in [6.07, 6.45) is 2.47. The Bertz CT molecular complexity index is 286. The van der Waals surface area contributed by atoms with Crippen LogP contribution in [0, 0.1) is 11.7 Å². The maximum absolute atomic E-state index is 12.8. The third-order valence-corrected chi connectivity index (χ3v) is 2.49. The van der Waals surface area contributed by atoms with E-state index < -0.39 is 0 Å². The second-order valence-corrected chi connectivity index (χ2v) is 4.15. The minimum Gasteiger partial charge on any atom is -0.312 e. The van der Waals surface area contributed by atoms with Crippen molar-refractivity contribution in [3.63, 3.8) is 0 Å². The molecule has 0 aliphatic heterocycles. The van der Waals surface area contributed by atoms with Gasteiger partial charge in [0.15, 0.2) is 0 Å². The van der Waals surface area contributed by atoms with Crippen molar-refractivity contribution >= 4 is 0 Å². The minimum absolute atomic E-state index is 0.157. The van der Waals surface area contributed by atoms with Crippen LogP contribution in [0.1, 0.15) is 32.3 Å². The zero-order chi connectivity index (χ0) is 11.1. The molecule has 0 spiro atoms. The molecular weight excluding hydrogens is 189 g/mol. The number of rotatable bonds is 6. The first-order chi connectivity index (χ1) is 7.22. The minimum atomic E-state index is -0.157. The largest absolute Gasteiger partial charge is 0.312 e. The molecule has 1 N–H and O–H groups in total. The Balaban J connectivity index is 2.25. The highest BCUT2D eigenvalue weighted by molar-refractivity contribution is 5.15. The van der Waals surface area contributed by atoms with Crippen LogP contribution >= 0.6 is 0 Å². The molecule has 0 aliphatic carbocycles. The number of halogens is 1. The molecule has 0 saturated carbocycles. The van der Waals surface area contributed by atoms with Crippen molar-refractivity contribution in [3.05, 3.63) is 35.6 Å². The highest BCUT2D eigenvalue weighted by Gasteiger charge is 2.00. The van der Waals surface area contributed by atoms with Gasteiger partial charge in [0.1, 0.15) is 5.82 Å². The van der Waals surface area contributed by atoms with E-state index in [4.69, 9.17) is 0 Å². The van der Waals surface area contributed by atoms with Crippen molar-refractivity contribution < 1.29 is 4.39 Å². The lowest BCUT2D eigenvalue weighted by atomic mass is 10.1. The first-order valence-corrected chi connectivity index (χ1v) is 5.67. The monoisotopic (exact) mass is 209 g/mol. The Morgan fingerprint density at radius 2 is 2.20 bits per heavy atom. The highest BCUT2D eigenvalue weighted by Crippen LogP contribution is 2.05. The molecule has 0 heterocycles. The van der Waals surface area contributed by atoms with Crippen LogP contribution < -0.4 is 5.32 Å². The maximum Gasteiger partial charge on any atom is 0.123 e. The fourth-order valence-electron chi connectivity index (χ4n) is 1.70. The summed E-state index contributed by atoms with van der Waals surface area (Å²) in [5.74, 6) is 0.541. The lowest BCUT2D eigenvalue weighted by molar-refractivity contribution is 0.475. The summed E-state index contributed by atoms with van der Waals surface area (Å²) in [6, 6.07) is 6.75. The van der Waals surface area contributed by atoms with E-state index in [0.29, 0.717) is 5.92 Å². The molecule has 0 aromatic heterocycles. The molecule has 0 aliphatic rings. The van der Waals surface area contributed by atoms with Gasteiger partial charge in [0.05, 0.1) is 0 Å². The third-order valence-electron chi connectivity index (χ3n) is 2.49. The summed E-state index contributed by atoms with van der Waals surface area (Å²) in [4.78, 5) is 0. The van der Waals surface area contributed by atoms with Gasteiger partial charge in [-0.1, -0.05) is 32.4 Å². The molecule has 0 radical (unpaired) electrons. The van der Waals surface area contributed by atoms with Gasteiger partial charge < -0.3 is 5.32 Å². The van der Waals surface area contributed by atoms with Crippen LogP contribution in [0.4, 0.5) is 4.39 Å². The molecule has 84 valence electrons.